The Labute approximate surface area is 184 Å². The molecule has 6 nitrogen and oxygen atoms in total. The smallest absolute Gasteiger partial charge is 0.406 e. The van der Waals surface area contributed by atoms with Crippen molar-refractivity contribution in [2.24, 2.45) is 0 Å². The number of alkyl halides is 3. The summed E-state index contributed by atoms with van der Waals surface area (Å²) in [5, 5.41) is 3.98. The Morgan fingerprint density at radius 3 is 2.42 bits per heavy atom. The molecule has 0 fully saturated rings. The SMILES string of the molecule is Fc1ccccc1-c1nc2ccn(Cc3cc(-c4ccc(OC(F)(F)F)cc4)no3)cc-2n1. The number of halogens is 4. The van der Waals surface area contributed by atoms with Gasteiger partial charge < -0.3 is 13.8 Å². The maximum atomic E-state index is 14.0. The second kappa shape index (κ2) is 8.05. The van der Waals surface area contributed by atoms with Gasteiger partial charge in [-0.1, -0.05) is 17.3 Å². The third kappa shape index (κ3) is 4.54. The normalized spacial score (nSPS) is 11.8. The Hall–Kier alpha value is -4.21. The van der Waals surface area contributed by atoms with Crippen LogP contribution in [0.2, 0.25) is 0 Å². The molecule has 0 amide bonds. The second-order valence-electron chi connectivity index (χ2n) is 7.17. The number of hydrogen-bond acceptors (Lipinski definition) is 5. The van der Waals surface area contributed by atoms with Crippen molar-refractivity contribution in [3.05, 3.63) is 84.6 Å². The average molecular weight is 454 g/mol. The van der Waals surface area contributed by atoms with Crippen LogP contribution < -0.4 is 4.74 Å². The number of benzene rings is 2. The molecule has 0 saturated carbocycles. The van der Waals surface area contributed by atoms with Crippen LogP contribution in [0.25, 0.3) is 34.0 Å². The van der Waals surface area contributed by atoms with Crippen molar-refractivity contribution in [1.29, 1.82) is 0 Å². The van der Waals surface area contributed by atoms with Crippen molar-refractivity contribution >= 4 is 0 Å². The van der Waals surface area contributed by atoms with Crippen molar-refractivity contribution < 1.29 is 26.8 Å². The topological polar surface area (TPSA) is 66.0 Å². The molecule has 0 spiro atoms. The number of ether oxygens (including phenoxy) is 1. The first-order chi connectivity index (χ1) is 15.8. The maximum absolute atomic E-state index is 14.0. The molecule has 2 aliphatic rings. The summed E-state index contributed by atoms with van der Waals surface area (Å²) in [6.45, 7) is 0.333. The van der Waals surface area contributed by atoms with Gasteiger partial charge in [0.2, 0.25) is 0 Å². The lowest BCUT2D eigenvalue weighted by Gasteiger charge is -2.08. The first kappa shape index (κ1) is 20.7. The van der Waals surface area contributed by atoms with Gasteiger partial charge in [-0.05, 0) is 42.5 Å². The summed E-state index contributed by atoms with van der Waals surface area (Å²) < 4.78 is 62.0. The second-order valence-corrected chi connectivity index (χ2v) is 7.17. The molecule has 0 unspecified atom stereocenters. The summed E-state index contributed by atoms with van der Waals surface area (Å²) in [6, 6.07) is 15.1. The van der Waals surface area contributed by atoms with E-state index in [1.807, 2.05) is 4.57 Å². The molecular weight excluding hydrogens is 440 g/mol. The Balaban J connectivity index is 1.34. The molecule has 2 aromatic carbocycles. The van der Waals surface area contributed by atoms with Crippen LogP contribution in [-0.2, 0) is 6.54 Å². The maximum Gasteiger partial charge on any atom is 0.573 e. The van der Waals surface area contributed by atoms with Gasteiger partial charge in [-0.25, -0.2) is 14.4 Å². The number of imidazole rings is 1. The van der Waals surface area contributed by atoms with E-state index in [2.05, 4.69) is 19.9 Å². The first-order valence-electron chi connectivity index (χ1n) is 9.74. The summed E-state index contributed by atoms with van der Waals surface area (Å²) in [5.74, 6) is 0.122. The van der Waals surface area contributed by atoms with E-state index in [4.69, 9.17) is 4.52 Å². The monoisotopic (exact) mass is 454 g/mol. The third-order valence-electron chi connectivity index (χ3n) is 4.82. The van der Waals surface area contributed by atoms with Gasteiger partial charge in [0.05, 0.1) is 17.8 Å². The summed E-state index contributed by atoms with van der Waals surface area (Å²) in [4.78, 5) is 8.81. The molecule has 166 valence electrons. The van der Waals surface area contributed by atoms with Crippen LogP contribution >= 0.6 is 0 Å². The highest BCUT2D eigenvalue weighted by Gasteiger charge is 2.31. The zero-order chi connectivity index (χ0) is 23.0. The minimum absolute atomic E-state index is 0.306. The van der Waals surface area contributed by atoms with Gasteiger partial charge in [0.1, 0.15) is 23.0 Å². The van der Waals surface area contributed by atoms with Gasteiger partial charge in [0.25, 0.3) is 0 Å². The minimum atomic E-state index is -4.75. The van der Waals surface area contributed by atoms with E-state index in [-0.39, 0.29) is 5.75 Å². The summed E-state index contributed by atoms with van der Waals surface area (Å²) in [5.41, 5.74) is 2.60. The molecule has 33 heavy (non-hydrogen) atoms. The Bertz CT molecular complexity index is 1380. The standard InChI is InChI=1S/C23H14F4N4O2/c24-18-4-2-1-3-17(18)22-28-19-9-10-31(13-21(19)29-22)12-16-11-20(30-33-16)14-5-7-15(8-6-14)32-23(25,26)27/h1-11,13H,12H2. The number of rotatable bonds is 5. The zero-order valence-corrected chi connectivity index (χ0v) is 16.8. The van der Waals surface area contributed by atoms with Crippen molar-refractivity contribution in [2.45, 2.75) is 12.9 Å². The van der Waals surface area contributed by atoms with E-state index in [1.54, 1.807) is 42.7 Å². The minimum Gasteiger partial charge on any atom is -0.406 e. The first-order valence-corrected chi connectivity index (χ1v) is 9.74. The summed E-state index contributed by atoms with van der Waals surface area (Å²) in [7, 11) is 0. The highest BCUT2D eigenvalue weighted by molar-refractivity contribution is 5.66. The van der Waals surface area contributed by atoms with E-state index >= 15 is 0 Å². The van der Waals surface area contributed by atoms with E-state index in [9.17, 15) is 17.6 Å². The van der Waals surface area contributed by atoms with Crippen LogP contribution in [0.4, 0.5) is 17.6 Å². The highest BCUT2D eigenvalue weighted by Crippen LogP contribution is 2.28. The Morgan fingerprint density at radius 2 is 1.67 bits per heavy atom. The van der Waals surface area contributed by atoms with E-state index in [1.165, 1.54) is 30.3 Å². The van der Waals surface area contributed by atoms with Gasteiger partial charge in [-0.15, -0.1) is 13.2 Å². The molecule has 10 heteroatoms. The van der Waals surface area contributed by atoms with Crippen LogP contribution in [0, 0.1) is 5.82 Å². The number of pyridine rings is 1. The van der Waals surface area contributed by atoms with Crippen LogP contribution in [-0.4, -0.2) is 26.1 Å². The molecule has 5 rings (SSSR count). The van der Waals surface area contributed by atoms with Crippen molar-refractivity contribution in [1.82, 2.24) is 19.7 Å². The third-order valence-corrected chi connectivity index (χ3v) is 4.82. The summed E-state index contributed by atoms with van der Waals surface area (Å²) >= 11 is 0. The lowest BCUT2D eigenvalue weighted by atomic mass is 10.1. The molecule has 1 aromatic heterocycles. The van der Waals surface area contributed by atoms with Crippen molar-refractivity contribution in [3.8, 4) is 39.8 Å². The van der Waals surface area contributed by atoms with Gasteiger partial charge in [0, 0.05) is 24.0 Å². The van der Waals surface area contributed by atoms with Crippen LogP contribution in [0.15, 0.2) is 77.6 Å². The van der Waals surface area contributed by atoms with Crippen LogP contribution in [0.5, 0.6) is 5.75 Å². The predicted octanol–water partition coefficient (Wildman–Crippen LogP) is 5.79. The molecular formula is C23H14F4N4O2. The molecule has 0 aliphatic carbocycles. The van der Waals surface area contributed by atoms with Gasteiger partial charge in [0.15, 0.2) is 11.6 Å². The molecule has 0 bridgehead atoms. The van der Waals surface area contributed by atoms with E-state index in [0.717, 1.165) is 0 Å². The highest BCUT2D eigenvalue weighted by atomic mass is 19.4. The lowest BCUT2D eigenvalue weighted by Crippen LogP contribution is -2.16. The molecule has 3 aromatic rings. The largest absolute Gasteiger partial charge is 0.573 e. The fraction of sp³-hybridized carbons (Fsp3) is 0.0870. The molecule has 2 aliphatic heterocycles. The zero-order valence-electron chi connectivity index (χ0n) is 16.8. The molecule has 0 N–H and O–H groups in total. The van der Waals surface area contributed by atoms with E-state index < -0.39 is 12.2 Å². The van der Waals surface area contributed by atoms with Crippen molar-refractivity contribution in [3.63, 3.8) is 0 Å². The molecule has 0 saturated heterocycles. The number of nitrogens with zero attached hydrogens (tertiary/aromatic N) is 4. The number of aromatic nitrogens is 4. The van der Waals surface area contributed by atoms with Crippen LogP contribution in [0.1, 0.15) is 5.76 Å². The average Bonchev–Trinajstić information content (AvgIpc) is 3.40. The van der Waals surface area contributed by atoms with Crippen molar-refractivity contribution in [2.75, 3.05) is 0 Å². The molecule has 3 heterocycles. The predicted molar refractivity (Wildman–Crippen MR) is 110 cm³/mol. The molecule has 0 radical (unpaired) electrons. The van der Waals surface area contributed by atoms with E-state index in [0.29, 0.717) is 46.3 Å². The van der Waals surface area contributed by atoms with Gasteiger partial charge >= 0.3 is 6.36 Å². The molecule has 0 atom stereocenters. The number of hydrogen-bond donors (Lipinski definition) is 0. The lowest BCUT2D eigenvalue weighted by molar-refractivity contribution is -0.274. The van der Waals surface area contributed by atoms with Crippen LogP contribution in [0.3, 0.4) is 0 Å². The Morgan fingerprint density at radius 1 is 0.909 bits per heavy atom. The van der Waals surface area contributed by atoms with Gasteiger partial charge in [-0.3, -0.25) is 0 Å². The quantitative estimate of drug-likeness (QED) is 0.315. The fourth-order valence-electron chi connectivity index (χ4n) is 3.34. The van der Waals surface area contributed by atoms with Gasteiger partial charge in [-0.2, -0.15) is 0 Å². The fourth-order valence-corrected chi connectivity index (χ4v) is 3.34. The Kier molecular flexibility index (Phi) is 5.04. The number of fused-ring (bicyclic) bond motifs is 1. The summed E-state index contributed by atoms with van der Waals surface area (Å²) in [6.07, 6.45) is -1.20.